The van der Waals surface area contributed by atoms with E-state index in [1.54, 1.807) is 12.3 Å². The number of hydrogen-bond donors (Lipinski definition) is 2. The van der Waals surface area contributed by atoms with Gasteiger partial charge in [-0.05, 0) is 54.6 Å². The van der Waals surface area contributed by atoms with Crippen LogP contribution < -0.4 is 10.6 Å². The van der Waals surface area contributed by atoms with Crippen LogP contribution >= 0.6 is 15.9 Å². The van der Waals surface area contributed by atoms with Gasteiger partial charge in [0.15, 0.2) is 0 Å². The zero-order chi connectivity index (χ0) is 15.1. The molecule has 5 nitrogen and oxygen atoms in total. The highest BCUT2D eigenvalue weighted by atomic mass is 79.9. The van der Waals surface area contributed by atoms with Gasteiger partial charge in [0.05, 0.1) is 11.7 Å². The molecule has 0 spiro atoms. The van der Waals surface area contributed by atoms with Crippen molar-refractivity contribution in [2.24, 2.45) is 0 Å². The molecule has 0 aromatic carbocycles. The maximum Gasteiger partial charge on any atom is 0.255 e. The molecule has 1 atom stereocenters. The Labute approximate surface area is 134 Å². The molecule has 0 bridgehead atoms. The standard InChI is InChI=1S/C15H22BrN3O2/c1-2-17-14-13(9-11(16)10-19-14)15(20)18-7-6-12-5-3-4-8-21-12/h9-10,12H,2-8H2,1H3,(H,17,19)(H,18,20). The van der Waals surface area contributed by atoms with Crippen molar-refractivity contribution in [1.29, 1.82) is 0 Å². The third-order valence-corrected chi connectivity index (χ3v) is 3.90. The SMILES string of the molecule is CCNc1ncc(Br)cc1C(=O)NCCC1CCCCO1. The normalized spacial score (nSPS) is 18.3. The number of rotatable bonds is 6. The molecule has 2 N–H and O–H groups in total. The van der Waals surface area contributed by atoms with Gasteiger partial charge in [0.1, 0.15) is 5.82 Å². The molecular weight excluding hydrogens is 334 g/mol. The molecule has 1 aliphatic rings. The number of ether oxygens (including phenoxy) is 1. The summed E-state index contributed by atoms with van der Waals surface area (Å²) in [5.74, 6) is 0.516. The first-order valence-corrected chi connectivity index (χ1v) is 8.29. The summed E-state index contributed by atoms with van der Waals surface area (Å²) in [6.45, 7) is 4.18. The van der Waals surface area contributed by atoms with Crippen LogP contribution in [0.3, 0.4) is 0 Å². The largest absolute Gasteiger partial charge is 0.378 e. The second-order valence-corrected chi connectivity index (χ2v) is 6.03. The molecule has 1 saturated heterocycles. The van der Waals surface area contributed by atoms with Crippen LogP contribution in [0, 0.1) is 0 Å². The molecule has 1 unspecified atom stereocenters. The van der Waals surface area contributed by atoms with Gasteiger partial charge < -0.3 is 15.4 Å². The van der Waals surface area contributed by atoms with Crippen molar-refractivity contribution in [2.75, 3.05) is 25.0 Å². The summed E-state index contributed by atoms with van der Waals surface area (Å²) in [4.78, 5) is 16.5. The van der Waals surface area contributed by atoms with Gasteiger partial charge in [-0.1, -0.05) is 0 Å². The lowest BCUT2D eigenvalue weighted by molar-refractivity contribution is 0.0117. The molecule has 1 amide bonds. The van der Waals surface area contributed by atoms with Crippen LogP contribution in [0.4, 0.5) is 5.82 Å². The zero-order valence-electron chi connectivity index (χ0n) is 12.3. The van der Waals surface area contributed by atoms with Gasteiger partial charge >= 0.3 is 0 Å². The Balaban J connectivity index is 1.88. The van der Waals surface area contributed by atoms with Crippen LogP contribution in [-0.4, -0.2) is 36.7 Å². The summed E-state index contributed by atoms with van der Waals surface area (Å²) in [6, 6.07) is 1.79. The second kappa shape index (κ2) is 8.34. The lowest BCUT2D eigenvalue weighted by Gasteiger charge is -2.22. The summed E-state index contributed by atoms with van der Waals surface area (Å²) < 4.78 is 6.46. The molecule has 0 radical (unpaired) electrons. The maximum absolute atomic E-state index is 12.3. The number of anilines is 1. The molecule has 116 valence electrons. The number of pyridine rings is 1. The molecule has 1 aliphatic heterocycles. The number of carbonyl (C=O) groups excluding carboxylic acids is 1. The molecular formula is C15H22BrN3O2. The lowest BCUT2D eigenvalue weighted by atomic mass is 10.1. The molecule has 6 heteroatoms. The fourth-order valence-corrected chi connectivity index (χ4v) is 2.73. The zero-order valence-corrected chi connectivity index (χ0v) is 13.9. The predicted molar refractivity (Wildman–Crippen MR) is 86.6 cm³/mol. The first-order valence-electron chi connectivity index (χ1n) is 7.50. The quantitative estimate of drug-likeness (QED) is 0.823. The van der Waals surface area contributed by atoms with Gasteiger partial charge in [-0.3, -0.25) is 4.79 Å². The fourth-order valence-electron chi connectivity index (χ4n) is 2.40. The van der Waals surface area contributed by atoms with Crippen LogP contribution in [0.15, 0.2) is 16.7 Å². The van der Waals surface area contributed by atoms with Crippen LogP contribution in [0.25, 0.3) is 0 Å². The number of halogens is 1. The summed E-state index contributed by atoms with van der Waals surface area (Å²) in [5.41, 5.74) is 0.566. The number of aromatic nitrogens is 1. The van der Waals surface area contributed by atoms with Gasteiger partial charge in [-0.2, -0.15) is 0 Å². The van der Waals surface area contributed by atoms with Crippen molar-refractivity contribution >= 4 is 27.7 Å². The molecule has 0 saturated carbocycles. The molecule has 2 rings (SSSR count). The Hall–Kier alpha value is -1.14. The van der Waals surface area contributed by atoms with Crippen LogP contribution in [0.2, 0.25) is 0 Å². The van der Waals surface area contributed by atoms with E-state index in [2.05, 4.69) is 31.5 Å². The third-order valence-electron chi connectivity index (χ3n) is 3.47. The second-order valence-electron chi connectivity index (χ2n) is 5.11. The van der Waals surface area contributed by atoms with E-state index in [0.29, 0.717) is 17.9 Å². The third kappa shape index (κ3) is 4.97. The fraction of sp³-hybridized carbons (Fsp3) is 0.600. The lowest BCUT2D eigenvalue weighted by Crippen LogP contribution is -2.30. The molecule has 1 fully saturated rings. The molecule has 1 aromatic rings. The van der Waals surface area contributed by atoms with E-state index in [0.717, 1.165) is 36.9 Å². The maximum atomic E-state index is 12.3. The van der Waals surface area contributed by atoms with Crippen LogP contribution in [0.1, 0.15) is 43.0 Å². The highest BCUT2D eigenvalue weighted by molar-refractivity contribution is 9.10. The summed E-state index contributed by atoms with van der Waals surface area (Å²) >= 11 is 3.36. The van der Waals surface area contributed by atoms with Crippen molar-refractivity contribution < 1.29 is 9.53 Å². The first-order chi connectivity index (χ1) is 10.2. The van der Waals surface area contributed by atoms with E-state index >= 15 is 0 Å². The first kappa shape index (κ1) is 16.2. The van der Waals surface area contributed by atoms with Crippen molar-refractivity contribution in [3.8, 4) is 0 Å². The minimum Gasteiger partial charge on any atom is -0.378 e. The molecule has 1 aromatic heterocycles. The Morgan fingerprint density at radius 2 is 2.38 bits per heavy atom. The minimum atomic E-state index is -0.101. The molecule has 2 heterocycles. The average molecular weight is 356 g/mol. The Morgan fingerprint density at radius 3 is 3.10 bits per heavy atom. The molecule has 0 aliphatic carbocycles. The van der Waals surface area contributed by atoms with Crippen molar-refractivity contribution in [3.05, 3.63) is 22.3 Å². The number of nitrogens with one attached hydrogen (secondary N) is 2. The smallest absolute Gasteiger partial charge is 0.255 e. The van der Waals surface area contributed by atoms with Crippen molar-refractivity contribution in [2.45, 2.75) is 38.7 Å². The Bertz CT molecular complexity index is 476. The van der Waals surface area contributed by atoms with Crippen LogP contribution in [0.5, 0.6) is 0 Å². The van der Waals surface area contributed by atoms with Crippen LogP contribution in [-0.2, 0) is 4.74 Å². The van der Waals surface area contributed by atoms with E-state index in [4.69, 9.17) is 4.74 Å². The van der Waals surface area contributed by atoms with Gasteiger partial charge in [0, 0.05) is 30.4 Å². The minimum absolute atomic E-state index is 0.101. The van der Waals surface area contributed by atoms with E-state index in [-0.39, 0.29) is 12.0 Å². The van der Waals surface area contributed by atoms with Gasteiger partial charge in [-0.15, -0.1) is 0 Å². The predicted octanol–water partition coefficient (Wildman–Crippen LogP) is 2.96. The molecule has 21 heavy (non-hydrogen) atoms. The summed E-state index contributed by atoms with van der Waals surface area (Å²) in [6.07, 6.45) is 6.30. The highest BCUT2D eigenvalue weighted by Gasteiger charge is 2.16. The van der Waals surface area contributed by atoms with E-state index < -0.39 is 0 Å². The highest BCUT2D eigenvalue weighted by Crippen LogP contribution is 2.18. The number of hydrogen-bond acceptors (Lipinski definition) is 4. The van der Waals surface area contributed by atoms with Crippen molar-refractivity contribution in [1.82, 2.24) is 10.3 Å². The monoisotopic (exact) mass is 355 g/mol. The summed E-state index contributed by atoms with van der Waals surface area (Å²) in [5, 5.41) is 6.06. The number of carbonyl (C=O) groups is 1. The van der Waals surface area contributed by atoms with E-state index in [1.165, 1.54) is 6.42 Å². The Kier molecular flexibility index (Phi) is 6.45. The van der Waals surface area contributed by atoms with Gasteiger partial charge in [0.25, 0.3) is 5.91 Å². The Morgan fingerprint density at radius 1 is 1.52 bits per heavy atom. The van der Waals surface area contributed by atoms with Gasteiger partial charge in [0.2, 0.25) is 0 Å². The average Bonchev–Trinajstić information content (AvgIpc) is 2.50. The number of amides is 1. The number of nitrogens with zero attached hydrogens (tertiary/aromatic N) is 1. The van der Waals surface area contributed by atoms with Crippen molar-refractivity contribution in [3.63, 3.8) is 0 Å². The van der Waals surface area contributed by atoms with Gasteiger partial charge in [-0.25, -0.2) is 4.98 Å². The van der Waals surface area contributed by atoms with E-state index in [9.17, 15) is 4.79 Å². The van der Waals surface area contributed by atoms with E-state index in [1.807, 2.05) is 6.92 Å². The topological polar surface area (TPSA) is 63.2 Å². The summed E-state index contributed by atoms with van der Waals surface area (Å²) in [7, 11) is 0.